The van der Waals surface area contributed by atoms with E-state index in [4.69, 9.17) is 5.11 Å². The lowest BCUT2D eigenvalue weighted by molar-refractivity contribution is -0.147. The summed E-state index contributed by atoms with van der Waals surface area (Å²) in [6, 6.07) is 0. The van der Waals surface area contributed by atoms with Gasteiger partial charge in [0, 0.05) is 6.54 Å². The largest absolute Gasteiger partial charge is 0.481 e. The molecule has 0 aliphatic carbocycles. The Hall–Kier alpha value is -0.570. The summed E-state index contributed by atoms with van der Waals surface area (Å²) in [5.74, 6) is 0.209. The van der Waals surface area contributed by atoms with Crippen LogP contribution >= 0.6 is 0 Å². The van der Waals surface area contributed by atoms with Crippen molar-refractivity contribution < 1.29 is 9.90 Å². The van der Waals surface area contributed by atoms with E-state index in [0.717, 1.165) is 31.7 Å². The number of nitrogens with zero attached hydrogens (tertiary/aromatic N) is 1. The number of hydrogen-bond donors (Lipinski definition) is 1. The highest BCUT2D eigenvalue weighted by Crippen LogP contribution is 2.24. The van der Waals surface area contributed by atoms with Crippen LogP contribution in [-0.2, 0) is 4.79 Å². The van der Waals surface area contributed by atoms with Gasteiger partial charge >= 0.3 is 5.97 Å². The van der Waals surface area contributed by atoms with E-state index >= 15 is 0 Å². The number of likely N-dealkylation sites (tertiary alicyclic amines) is 1. The average Bonchev–Trinajstić information content (AvgIpc) is 2.35. The minimum Gasteiger partial charge on any atom is -0.481 e. The number of hydrogen-bond acceptors (Lipinski definition) is 2. The fourth-order valence-electron chi connectivity index (χ4n) is 2.70. The van der Waals surface area contributed by atoms with Crippen LogP contribution in [0, 0.1) is 11.3 Å². The van der Waals surface area contributed by atoms with Crippen LogP contribution in [0.2, 0.25) is 0 Å². The minimum atomic E-state index is -0.675. The first-order valence-corrected chi connectivity index (χ1v) is 7.41. The fourth-order valence-corrected chi connectivity index (χ4v) is 2.70. The topological polar surface area (TPSA) is 40.5 Å². The second-order valence-corrected chi connectivity index (χ2v) is 6.36. The molecule has 1 rings (SSSR count). The van der Waals surface area contributed by atoms with Crippen LogP contribution in [0.15, 0.2) is 0 Å². The molecule has 18 heavy (non-hydrogen) atoms. The van der Waals surface area contributed by atoms with Gasteiger partial charge in [-0.1, -0.05) is 19.8 Å². The fraction of sp³-hybridized carbons (Fsp3) is 0.933. The lowest BCUT2D eigenvalue weighted by Crippen LogP contribution is -2.36. The zero-order chi connectivity index (χ0) is 13.6. The summed E-state index contributed by atoms with van der Waals surface area (Å²) in [4.78, 5) is 13.5. The first-order chi connectivity index (χ1) is 8.45. The molecule has 0 saturated carbocycles. The number of carbonyl (C=O) groups is 1. The second kappa shape index (κ2) is 7.13. The van der Waals surface area contributed by atoms with Crippen molar-refractivity contribution in [3.63, 3.8) is 0 Å². The van der Waals surface area contributed by atoms with Crippen molar-refractivity contribution in [3.8, 4) is 0 Å². The van der Waals surface area contributed by atoms with Crippen molar-refractivity contribution in [2.45, 2.75) is 59.3 Å². The average molecular weight is 255 g/mol. The monoisotopic (exact) mass is 255 g/mol. The summed E-state index contributed by atoms with van der Waals surface area (Å²) in [6.07, 6.45) is 6.95. The first kappa shape index (κ1) is 15.5. The van der Waals surface area contributed by atoms with E-state index in [0.29, 0.717) is 0 Å². The van der Waals surface area contributed by atoms with Crippen LogP contribution in [0.25, 0.3) is 0 Å². The predicted octanol–water partition coefficient (Wildman–Crippen LogP) is 3.39. The SMILES string of the molecule is CCC1CCCN(CCCCC(C)(C)C(=O)O)C1. The molecule has 0 aromatic heterocycles. The quantitative estimate of drug-likeness (QED) is 0.709. The van der Waals surface area contributed by atoms with Crippen LogP contribution in [0.1, 0.15) is 59.3 Å². The molecule has 3 heteroatoms. The molecule has 0 spiro atoms. The van der Waals surface area contributed by atoms with Crippen LogP contribution in [0.3, 0.4) is 0 Å². The Morgan fingerprint density at radius 2 is 2.11 bits per heavy atom. The van der Waals surface area contributed by atoms with Gasteiger partial charge in [-0.2, -0.15) is 0 Å². The third-order valence-corrected chi connectivity index (χ3v) is 4.29. The summed E-state index contributed by atoms with van der Waals surface area (Å²) in [5, 5.41) is 9.05. The minimum absolute atomic E-state index is 0.562. The van der Waals surface area contributed by atoms with E-state index in [1.54, 1.807) is 0 Å². The van der Waals surface area contributed by atoms with Crippen LogP contribution in [-0.4, -0.2) is 35.6 Å². The number of rotatable bonds is 7. The van der Waals surface area contributed by atoms with Gasteiger partial charge in [-0.25, -0.2) is 0 Å². The molecule has 3 nitrogen and oxygen atoms in total. The maximum Gasteiger partial charge on any atom is 0.309 e. The highest BCUT2D eigenvalue weighted by molar-refractivity contribution is 5.73. The molecule has 1 N–H and O–H groups in total. The van der Waals surface area contributed by atoms with Crippen molar-refractivity contribution in [3.05, 3.63) is 0 Å². The Balaban J connectivity index is 2.16. The molecule has 0 bridgehead atoms. The van der Waals surface area contributed by atoms with Gasteiger partial charge in [-0.05, 0) is 58.5 Å². The molecule has 0 amide bonds. The molecular weight excluding hydrogens is 226 g/mol. The predicted molar refractivity (Wildman–Crippen MR) is 74.7 cm³/mol. The van der Waals surface area contributed by atoms with Gasteiger partial charge in [0.15, 0.2) is 0 Å². The lowest BCUT2D eigenvalue weighted by Gasteiger charge is -2.32. The molecule has 1 saturated heterocycles. The number of carboxylic acids is 1. The standard InChI is InChI=1S/C15H29NO2/c1-4-13-8-7-11-16(12-13)10-6-5-9-15(2,3)14(17)18/h13H,4-12H2,1-3H3,(H,17,18). The smallest absolute Gasteiger partial charge is 0.309 e. The Morgan fingerprint density at radius 1 is 1.39 bits per heavy atom. The third-order valence-electron chi connectivity index (χ3n) is 4.29. The third kappa shape index (κ3) is 4.97. The Morgan fingerprint density at radius 3 is 2.72 bits per heavy atom. The maximum atomic E-state index is 11.0. The van der Waals surface area contributed by atoms with Gasteiger partial charge < -0.3 is 10.0 Å². The van der Waals surface area contributed by atoms with Gasteiger partial charge in [-0.3, -0.25) is 4.79 Å². The molecular formula is C15H29NO2. The van der Waals surface area contributed by atoms with Gasteiger partial charge in [0.05, 0.1) is 5.41 Å². The van der Waals surface area contributed by atoms with E-state index in [-0.39, 0.29) is 0 Å². The molecule has 1 unspecified atom stereocenters. The molecule has 0 aromatic carbocycles. The number of carboxylic acid groups (broad SMARTS) is 1. The molecule has 1 aliphatic heterocycles. The lowest BCUT2D eigenvalue weighted by atomic mass is 9.87. The molecule has 106 valence electrons. The van der Waals surface area contributed by atoms with E-state index in [9.17, 15) is 4.79 Å². The van der Waals surface area contributed by atoms with Crippen LogP contribution in [0.5, 0.6) is 0 Å². The van der Waals surface area contributed by atoms with E-state index in [1.807, 2.05) is 13.8 Å². The van der Waals surface area contributed by atoms with Crippen LogP contribution in [0.4, 0.5) is 0 Å². The van der Waals surface area contributed by atoms with E-state index < -0.39 is 11.4 Å². The van der Waals surface area contributed by atoms with Gasteiger partial charge in [0.25, 0.3) is 0 Å². The van der Waals surface area contributed by atoms with Gasteiger partial charge in [-0.15, -0.1) is 0 Å². The van der Waals surface area contributed by atoms with Gasteiger partial charge in [0.2, 0.25) is 0 Å². The number of piperidine rings is 1. The van der Waals surface area contributed by atoms with Crippen molar-refractivity contribution in [2.24, 2.45) is 11.3 Å². The highest BCUT2D eigenvalue weighted by Gasteiger charge is 2.26. The number of aliphatic carboxylic acids is 1. The summed E-state index contributed by atoms with van der Waals surface area (Å²) < 4.78 is 0. The van der Waals surface area contributed by atoms with Crippen molar-refractivity contribution in [1.82, 2.24) is 4.90 Å². The summed E-state index contributed by atoms with van der Waals surface area (Å²) in [5.41, 5.74) is -0.562. The normalized spacial score (nSPS) is 22.1. The molecule has 1 fully saturated rings. The van der Waals surface area contributed by atoms with E-state index in [2.05, 4.69) is 11.8 Å². The summed E-state index contributed by atoms with van der Waals surface area (Å²) >= 11 is 0. The second-order valence-electron chi connectivity index (χ2n) is 6.36. The van der Waals surface area contributed by atoms with Gasteiger partial charge in [0.1, 0.15) is 0 Å². The molecule has 1 heterocycles. The molecule has 0 radical (unpaired) electrons. The molecule has 1 aliphatic rings. The zero-order valence-electron chi connectivity index (χ0n) is 12.2. The first-order valence-electron chi connectivity index (χ1n) is 7.41. The van der Waals surface area contributed by atoms with Crippen molar-refractivity contribution in [2.75, 3.05) is 19.6 Å². The number of unbranched alkanes of at least 4 members (excludes halogenated alkanes) is 1. The van der Waals surface area contributed by atoms with E-state index in [1.165, 1.54) is 32.4 Å². The summed E-state index contributed by atoms with van der Waals surface area (Å²) in [7, 11) is 0. The highest BCUT2D eigenvalue weighted by atomic mass is 16.4. The molecule has 0 aromatic rings. The maximum absolute atomic E-state index is 11.0. The van der Waals surface area contributed by atoms with Crippen LogP contribution < -0.4 is 0 Å². The Bertz CT molecular complexity index is 263. The summed E-state index contributed by atoms with van der Waals surface area (Å²) in [6.45, 7) is 9.56. The Kier molecular flexibility index (Phi) is 6.13. The van der Waals surface area contributed by atoms with Crippen molar-refractivity contribution >= 4 is 5.97 Å². The van der Waals surface area contributed by atoms with Crippen molar-refractivity contribution in [1.29, 1.82) is 0 Å². The molecule has 1 atom stereocenters. The zero-order valence-corrected chi connectivity index (χ0v) is 12.2. The Labute approximate surface area is 112 Å².